The molecule has 21 heavy (non-hydrogen) atoms. The largest absolute Gasteiger partial charge is 0.382 e. The van der Waals surface area contributed by atoms with E-state index in [1.807, 2.05) is 6.92 Å². The van der Waals surface area contributed by atoms with E-state index in [4.69, 9.17) is 4.74 Å². The van der Waals surface area contributed by atoms with E-state index in [0.717, 1.165) is 31.1 Å². The third-order valence-corrected chi connectivity index (χ3v) is 2.93. The van der Waals surface area contributed by atoms with Crippen LogP contribution in [0.2, 0.25) is 0 Å². The number of amides is 3. The highest BCUT2D eigenvalue weighted by atomic mass is 16.5. The van der Waals surface area contributed by atoms with E-state index < -0.39 is 0 Å². The first-order chi connectivity index (χ1) is 10.1. The van der Waals surface area contributed by atoms with Gasteiger partial charge < -0.3 is 15.4 Å². The molecule has 0 radical (unpaired) electrons. The molecule has 2 N–H and O–H groups in total. The summed E-state index contributed by atoms with van der Waals surface area (Å²) in [5.41, 5.74) is 0. The molecular weight excluding hydrogens is 274 g/mol. The third-order valence-electron chi connectivity index (χ3n) is 2.93. The highest BCUT2D eigenvalue weighted by Gasteiger charge is 2.23. The molecule has 0 bridgehead atoms. The van der Waals surface area contributed by atoms with Gasteiger partial charge in [-0.25, -0.2) is 0 Å². The zero-order valence-electron chi connectivity index (χ0n) is 12.4. The van der Waals surface area contributed by atoms with E-state index in [9.17, 15) is 14.4 Å². The summed E-state index contributed by atoms with van der Waals surface area (Å²) in [5.74, 6) is -0.883. The average Bonchev–Trinajstić information content (AvgIpc) is 2.78. The van der Waals surface area contributed by atoms with E-state index >= 15 is 0 Å². The molecule has 7 heteroatoms. The quantitative estimate of drug-likeness (QED) is 0.394. The van der Waals surface area contributed by atoms with Crippen molar-refractivity contribution in [1.29, 1.82) is 0 Å². The number of imide groups is 1. The molecule has 0 aromatic heterocycles. The van der Waals surface area contributed by atoms with Crippen LogP contribution >= 0.6 is 0 Å². The van der Waals surface area contributed by atoms with Crippen molar-refractivity contribution in [1.82, 2.24) is 15.5 Å². The predicted molar refractivity (Wildman–Crippen MR) is 77.5 cm³/mol. The Morgan fingerprint density at radius 3 is 2.57 bits per heavy atom. The Morgan fingerprint density at radius 2 is 1.90 bits per heavy atom. The Balaban J connectivity index is 1.97. The molecular formula is C14H23N3O4. The van der Waals surface area contributed by atoms with Crippen molar-refractivity contribution >= 4 is 17.7 Å². The Labute approximate surface area is 124 Å². The van der Waals surface area contributed by atoms with Crippen molar-refractivity contribution < 1.29 is 19.1 Å². The van der Waals surface area contributed by atoms with Crippen molar-refractivity contribution in [3.05, 3.63) is 12.2 Å². The van der Waals surface area contributed by atoms with E-state index in [0.29, 0.717) is 13.1 Å². The molecule has 1 heterocycles. The van der Waals surface area contributed by atoms with Crippen molar-refractivity contribution in [2.45, 2.75) is 19.8 Å². The van der Waals surface area contributed by atoms with Crippen LogP contribution in [0.25, 0.3) is 0 Å². The molecule has 1 rings (SSSR count). The van der Waals surface area contributed by atoms with Gasteiger partial charge in [-0.1, -0.05) is 0 Å². The number of carbonyl (C=O) groups is 3. The lowest BCUT2D eigenvalue weighted by Gasteiger charge is -2.13. The van der Waals surface area contributed by atoms with Gasteiger partial charge in [0.05, 0.1) is 0 Å². The molecule has 7 nitrogen and oxygen atoms in total. The number of nitrogens with zero attached hydrogens (tertiary/aromatic N) is 1. The fraction of sp³-hybridized carbons (Fsp3) is 0.643. The van der Waals surface area contributed by atoms with Gasteiger partial charge in [-0.2, -0.15) is 0 Å². The number of rotatable bonds is 11. The van der Waals surface area contributed by atoms with Crippen LogP contribution < -0.4 is 10.6 Å². The summed E-state index contributed by atoms with van der Waals surface area (Å²) in [7, 11) is 0. The molecule has 0 aromatic carbocycles. The van der Waals surface area contributed by atoms with E-state index in [-0.39, 0.29) is 30.7 Å². The molecule has 0 spiro atoms. The van der Waals surface area contributed by atoms with Gasteiger partial charge in [-0.05, 0) is 19.9 Å². The number of carbonyl (C=O) groups excluding carboxylic acids is 3. The smallest absolute Gasteiger partial charge is 0.253 e. The Hall–Kier alpha value is -1.73. The topological polar surface area (TPSA) is 87.7 Å². The molecule has 0 saturated carbocycles. The molecule has 0 atom stereocenters. The lowest BCUT2D eigenvalue weighted by Crippen LogP contribution is -2.36. The Bertz CT molecular complexity index is 378. The number of ether oxygens (including phenoxy) is 1. The van der Waals surface area contributed by atoms with Crippen LogP contribution in [-0.4, -0.2) is 62.0 Å². The lowest BCUT2D eigenvalue weighted by molar-refractivity contribution is -0.137. The predicted octanol–water partition coefficient (Wildman–Crippen LogP) is -0.566. The standard InChI is InChI=1S/C14H23N3O4/c1-2-21-11-3-7-15-8-9-16-12(18)6-10-17-13(19)4-5-14(17)20/h4-5,15H,2-3,6-11H2,1H3,(H,16,18). The first-order valence-corrected chi connectivity index (χ1v) is 7.24. The zero-order chi connectivity index (χ0) is 15.5. The van der Waals surface area contributed by atoms with E-state index in [1.54, 1.807) is 0 Å². The van der Waals surface area contributed by atoms with Crippen LogP contribution in [0.3, 0.4) is 0 Å². The highest BCUT2D eigenvalue weighted by molar-refractivity contribution is 6.13. The van der Waals surface area contributed by atoms with Crippen LogP contribution in [-0.2, 0) is 19.1 Å². The summed E-state index contributed by atoms with van der Waals surface area (Å²) in [6, 6.07) is 0. The minimum absolute atomic E-state index is 0.123. The number of hydrogen-bond acceptors (Lipinski definition) is 5. The average molecular weight is 297 g/mol. The van der Waals surface area contributed by atoms with Gasteiger partial charge in [-0.15, -0.1) is 0 Å². The monoisotopic (exact) mass is 297 g/mol. The van der Waals surface area contributed by atoms with Gasteiger partial charge in [0, 0.05) is 51.4 Å². The molecule has 118 valence electrons. The minimum atomic E-state index is -0.358. The SMILES string of the molecule is CCOCCCNCCNC(=O)CCN1C(=O)C=CC1=O. The number of hydrogen-bond donors (Lipinski definition) is 2. The van der Waals surface area contributed by atoms with E-state index in [2.05, 4.69) is 10.6 Å². The normalized spacial score (nSPS) is 14.0. The first kappa shape index (κ1) is 17.3. The minimum Gasteiger partial charge on any atom is -0.382 e. The van der Waals surface area contributed by atoms with Crippen LogP contribution in [0, 0.1) is 0 Å². The molecule has 1 aliphatic heterocycles. The van der Waals surface area contributed by atoms with Crippen LogP contribution in [0.5, 0.6) is 0 Å². The Kier molecular flexibility index (Phi) is 8.30. The third kappa shape index (κ3) is 7.01. The second-order valence-corrected chi connectivity index (χ2v) is 4.56. The van der Waals surface area contributed by atoms with Gasteiger partial charge >= 0.3 is 0 Å². The number of nitrogens with one attached hydrogen (secondary N) is 2. The Morgan fingerprint density at radius 1 is 1.19 bits per heavy atom. The summed E-state index contributed by atoms with van der Waals surface area (Å²) in [5, 5.41) is 5.92. The maximum atomic E-state index is 11.6. The summed E-state index contributed by atoms with van der Waals surface area (Å²) in [4.78, 5) is 35.2. The molecule has 0 saturated heterocycles. The van der Waals surface area contributed by atoms with Crippen LogP contribution in [0.1, 0.15) is 19.8 Å². The summed E-state index contributed by atoms with van der Waals surface area (Å²) in [6.07, 6.45) is 3.50. The van der Waals surface area contributed by atoms with Crippen LogP contribution in [0.15, 0.2) is 12.2 Å². The lowest BCUT2D eigenvalue weighted by atomic mass is 10.3. The second-order valence-electron chi connectivity index (χ2n) is 4.56. The van der Waals surface area contributed by atoms with Crippen molar-refractivity contribution in [3.8, 4) is 0 Å². The van der Waals surface area contributed by atoms with E-state index in [1.165, 1.54) is 12.2 Å². The van der Waals surface area contributed by atoms with Gasteiger partial charge in [0.1, 0.15) is 0 Å². The highest BCUT2D eigenvalue weighted by Crippen LogP contribution is 2.03. The maximum Gasteiger partial charge on any atom is 0.253 e. The summed E-state index contributed by atoms with van der Waals surface area (Å²) < 4.78 is 5.20. The van der Waals surface area contributed by atoms with Gasteiger partial charge in [0.2, 0.25) is 5.91 Å². The van der Waals surface area contributed by atoms with Crippen molar-refractivity contribution in [2.24, 2.45) is 0 Å². The van der Waals surface area contributed by atoms with Crippen molar-refractivity contribution in [3.63, 3.8) is 0 Å². The van der Waals surface area contributed by atoms with Gasteiger partial charge in [0.15, 0.2) is 0 Å². The molecule has 3 amide bonds. The molecule has 0 unspecified atom stereocenters. The maximum absolute atomic E-state index is 11.6. The summed E-state index contributed by atoms with van der Waals surface area (Å²) in [6.45, 7) is 5.60. The van der Waals surface area contributed by atoms with Crippen molar-refractivity contribution in [2.75, 3.05) is 39.4 Å². The fourth-order valence-electron chi connectivity index (χ4n) is 1.81. The molecule has 1 aliphatic rings. The van der Waals surface area contributed by atoms with Gasteiger partial charge in [0.25, 0.3) is 11.8 Å². The summed E-state index contributed by atoms with van der Waals surface area (Å²) >= 11 is 0. The van der Waals surface area contributed by atoms with Gasteiger partial charge in [-0.3, -0.25) is 19.3 Å². The molecule has 0 aromatic rings. The fourth-order valence-corrected chi connectivity index (χ4v) is 1.81. The first-order valence-electron chi connectivity index (χ1n) is 7.24. The van der Waals surface area contributed by atoms with Crippen LogP contribution in [0.4, 0.5) is 0 Å². The molecule has 0 fully saturated rings. The zero-order valence-corrected chi connectivity index (χ0v) is 12.4. The second kappa shape index (κ2) is 10.1. The molecule has 0 aliphatic carbocycles.